The molecule has 4 rings (SSSR count). The summed E-state index contributed by atoms with van der Waals surface area (Å²) in [5.74, 6) is 0.107. The number of benzene rings is 2. The Morgan fingerprint density at radius 2 is 1.89 bits per heavy atom. The van der Waals surface area contributed by atoms with E-state index in [2.05, 4.69) is 10.2 Å². The van der Waals surface area contributed by atoms with Crippen LogP contribution in [-0.4, -0.2) is 42.6 Å². The summed E-state index contributed by atoms with van der Waals surface area (Å²) in [6, 6.07) is 14.7. The van der Waals surface area contributed by atoms with Crippen LogP contribution in [0.4, 0.5) is 4.39 Å². The summed E-state index contributed by atoms with van der Waals surface area (Å²) >= 11 is 0. The standard InChI is InChI=1S/C20H20FN3O3S/c1-2-27-19-5-3-4-6-20(19)28(25,26)24-12-15(13-24)18-11-17(22-23-18)14-7-9-16(21)10-8-14/h3-11,15H,2,12-13H2,1H3,(H,22,23). The van der Waals surface area contributed by atoms with Crippen molar-refractivity contribution < 1.29 is 17.5 Å². The fourth-order valence-electron chi connectivity index (χ4n) is 3.22. The highest BCUT2D eigenvalue weighted by Crippen LogP contribution is 2.35. The lowest BCUT2D eigenvalue weighted by molar-refractivity contribution is 0.258. The van der Waals surface area contributed by atoms with Crippen molar-refractivity contribution in [3.8, 4) is 17.0 Å². The smallest absolute Gasteiger partial charge is 0.246 e. The monoisotopic (exact) mass is 401 g/mol. The number of nitrogens with one attached hydrogen (secondary N) is 1. The maximum Gasteiger partial charge on any atom is 0.246 e. The average Bonchev–Trinajstić information content (AvgIpc) is 3.11. The SMILES string of the molecule is CCOc1ccccc1S(=O)(=O)N1CC(c2cc(-c3ccc(F)cc3)n[nH]2)C1. The molecule has 1 aromatic heterocycles. The Hall–Kier alpha value is -2.71. The van der Waals surface area contributed by atoms with Crippen LogP contribution in [0.5, 0.6) is 5.75 Å². The van der Waals surface area contributed by atoms with E-state index >= 15 is 0 Å². The molecular weight excluding hydrogens is 381 g/mol. The number of para-hydroxylation sites is 1. The van der Waals surface area contributed by atoms with Crippen LogP contribution in [-0.2, 0) is 10.0 Å². The van der Waals surface area contributed by atoms with Crippen molar-refractivity contribution in [1.82, 2.24) is 14.5 Å². The Morgan fingerprint density at radius 3 is 2.61 bits per heavy atom. The molecule has 0 atom stereocenters. The molecule has 0 amide bonds. The molecule has 1 saturated heterocycles. The predicted molar refractivity (Wildman–Crippen MR) is 103 cm³/mol. The van der Waals surface area contributed by atoms with Gasteiger partial charge < -0.3 is 4.74 Å². The number of sulfonamides is 1. The summed E-state index contributed by atoms with van der Waals surface area (Å²) in [6.45, 7) is 2.96. The van der Waals surface area contributed by atoms with E-state index in [-0.39, 0.29) is 16.6 Å². The van der Waals surface area contributed by atoms with Crippen molar-refractivity contribution in [2.24, 2.45) is 0 Å². The first-order chi connectivity index (χ1) is 13.5. The van der Waals surface area contributed by atoms with Gasteiger partial charge in [-0.15, -0.1) is 0 Å². The third kappa shape index (κ3) is 3.41. The molecule has 8 heteroatoms. The lowest BCUT2D eigenvalue weighted by atomic mass is 9.98. The first kappa shape index (κ1) is 18.6. The number of hydrogen-bond donors (Lipinski definition) is 1. The van der Waals surface area contributed by atoms with Crippen molar-refractivity contribution in [1.29, 1.82) is 0 Å². The minimum atomic E-state index is -3.61. The summed E-state index contributed by atoms with van der Waals surface area (Å²) in [5, 5.41) is 7.24. The minimum Gasteiger partial charge on any atom is -0.492 e. The zero-order valence-corrected chi connectivity index (χ0v) is 16.1. The first-order valence-electron chi connectivity index (χ1n) is 9.02. The van der Waals surface area contributed by atoms with Gasteiger partial charge in [0.05, 0.1) is 12.3 Å². The molecule has 28 heavy (non-hydrogen) atoms. The molecule has 0 unspecified atom stereocenters. The van der Waals surface area contributed by atoms with Crippen LogP contribution in [0.25, 0.3) is 11.3 Å². The van der Waals surface area contributed by atoms with Crippen molar-refractivity contribution >= 4 is 10.0 Å². The zero-order chi connectivity index (χ0) is 19.7. The molecule has 3 aromatic rings. The number of aromatic nitrogens is 2. The molecule has 146 valence electrons. The van der Waals surface area contributed by atoms with E-state index in [4.69, 9.17) is 4.74 Å². The maximum absolute atomic E-state index is 13.1. The van der Waals surface area contributed by atoms with Crippen LogP contribution >= 0.6 is 0 Å². The maximum atomic E-state index is 13.1. The van der Waals surface area contributed by atoms with Gasteiger partial charge in [0, 0.05) is 30.3 Å². The highest BCUT2D eigenvalue weighted by molar-refractivity contribution is 7.89. The van der Waals surface area contributed by atoms with E-state index in [1.54, 1.807) is 36.4 Å². The van der Waals surface area contributed by atoms with Gasteiger partial charge in [0.15, 0.2) is 0 Å². The van der Waals surface area contributed by atoms with Crippen molar-refractivity contribution in [3.63, 3.8) is 0 Å². The van der Waals surface area contributed by atoms with Crippen LogP contribution in [0.2, 0.25) is 0 Å². The Labute approximate surface area is 163 Å². The van der Waals surface area contributed by atoms with Gasteiger partial charge in [-0.25, -0.2) is 12.8 Å². The van der Waals surface area contributed by atoms with Gasteiger partial charge in [-0.05, 0) is 49.4 Å². The highest BCUT2D eigenvalue weighted by Gasteiger charge is 2.39. The largest absolute Gasteiger partial charge is 0.492 e. The molecule has 0 aliphatic carbocycles. The van der Waals surface area contributed by atoms with E-state index in [1.165, 1.54) is 16.4 Å². The summed E-state index contributed by atoms with van der Waals surface area (Å²) in [6.07, 6.45) is 0. The summed E-state index contributed by atoms with van der Waals surface area (Å²) in [4.78, 5) is 0.187. The molecule has 1 aliphatic rings. The van der Waals surface area contributed by atoms with E-state index in [9.17, 15) is 12.8 Å². The molecular formula is C20H20FN3O3S. The van der Waals surface area contributed by atoms with Crippen LogP contribution < -0.4 is 4.74 Å². The average molecular weight is 401 g/mol. The van der Waals surface area contributed by atoms with Crippen molar-refractivity contribution in [2.45, 2.75) is 17.7 Å². The number of rotatable bonds is 6. The topological polar surface area (TPSA) is 75.3 Å². The molecule has 2 heterocycles. The molecule has 1 aliphatic heterocycles. The highest BCUT2D eigenvalue weighted by atomic mass is 32.2. The lowest BCUT2D eigenvalue weighted by Crippen LogP contribution is -2.48. The van der Waals surface area contributed by atoms with Crippen molar-refractivity contribution in [3.05, 3.63) is 66.1 Å². The number of hydrogen-bond acceptors (Lipinski definition) is 4. The Bertz CT molecular complexity index is 1070. The summed E-state index contributed by atoms with van der Waals surface area (Å²) in [7, 11) is -3.61. The summed E-state index contributed by atoms with van der Waals surface area (Å²) < 4.78 is 45.8. The van der Waals surface area contributed by atoms with Crippen LogP contribution in [0.3, 0.4) is 0 Å². The fraction of sp³-hybridized carbons (Fsp3) is 0.250. The molecule has 0 bridgehead atoms. The van der Waals surface area contributed by atoms with Gasteiger partial charge >= 0.3 is 0 Å². The first-order valence-corrected chi connectivity index (χ1v) is 10.5. The Kier molecular flexibility index (Phi) is 4.91. The van der Waals surface area contributed by atoms with Crippen LogP contribution in [0.1, 0.15) is 18.5 Å². The number of halogens is 1. The molecule has 1 fully saturated rings. The van der Waals surface area contributed by atoms with Gasteiger partial charge in [-0.3, -0.25) is 5.10 Å². The van der Waals surface area contributed by atoms with E-state index in [0.29, 0.717) is 31.1 Å². The third-order valence-corrected chi connectivity index (χ3v) is 6.66. The third-order valence-electron chi connectivity index (χ3n) is 4.79. The van der Waals surface area contributed by atoms with Gasteiger partial charge in [-0.1, -0.05) is 12.1 Å². The zero-order valence-electron chi connectivity index (χ0n) is 15.3. The second-order valence-corrected chi connectivity index (χ2v) is 8.52. The van der Waals surface area contributed by atoms with Gasteiger partial charge in [0.25, 0.3) is 0 Å². The Balaban J connectivity index is 1.48. The second-order valence-electron chi connectivity index (χ2n) is 6.61. The lowest BCUT2D eigenvalue weighted by Gasteiger charge is -2.37. The number of H-pyrrole nitrogens is 1. The second kappa shape index (κ2) is 7.37. The van der Waals surface area contributed by atoms with Gasteiger partial charge in [-0.2, -0.15) is 9.40 Å². The quantitative estimate of drug-likeness (QED) is 0.687. The fourth-order valence-corrected chi connectivity index (χ4v) is 4.88. The molecule has 2 aromatic carbocycles. The number of aromatic amines is 1. The van der Waals surface area contributed by atoms with E-state index in [1.807, 2.05) is 13.0 Å². The van der Waals surface area contributed by atoms with Gasteiger partial charge in [0.1, 0.15) is 16.5 Å². The molecule has 0 radical (unpaired) electrons. The molecule has 0 saturated carbocycles. The van der Waals surface area contributed by atoms with Crippen LogP contribution in [0.15, 0.2) is 59.5 Å². The molecule has 0 spiro atoms. The molecule has 1 N–H and O–H groups in total. The molecule has 6 nitrogen and oxygen atoms in total. The predicted octanol–water partition coefficient (Wildman–Crippen LogP) is 3.40. The van der Waals surface area contributed by atoms with Gasteiger partial charge in [0.2, 0.25) is 10.0 Å². The Morgan fingerprint density at radius 1 is 1.18 bits per heavy atom. The number of ether oxygens (including phenoxy) is 1. The summed E-state index contributed by atoms with van der Waals surface area (Å²) in [5.41, 5.74) is 2.38. The van der Waals surface area contributed by atoms with E-state index < -0.39 is 10.0 Å². The minimum absolute atomic E-state index is 0.0377. The van der Waals surface area contributed by atoms with Crippen molar-refractivity contribution in [2.75, 3.05) is 19.7 Å². The van der Waals surface area contributed by atoms with E-state index in [0.717, 1.165) is 11.3 Å². The normalized spacial score (nSPS) is 15.4. The van der Waals surface area contributed by atoms with Crippen LogP contribution in [0, 0.1) is 5.82 Å². The number of nitrogens with zero attached hydrogens (tertiary/aromatic N) is 2.